The van der Waals surface area contributed by atoms with Crippen LogP contribution in [0.2, 0.25) is 5.02 Å². The molecule has 1 spiro atoms. The molecule has 3 fully saturated rings. The maximum atomic E-state index is 12.9. The Kier molecular flexibility index (Phi) is 6.34. The average molecular weight is 412 g/mol. The molecule has 2 saturated heterocycles. The molecule has 3 aliphatic rings. The lowest BCUT2D eigenvalue weighted by Crippen LogP contribution is -2.36. The zero-order chi connectivity index (χ0) is 18.1. The predicted octanol–water partition coefficient (Wildman–Crippen LogP) is 3.72. The summed E-state index contributed by atoms with van der Waals surface area (Å²) in [5.74, 6) is 0.0763. The van der Waals surface area contributed by atoms with Crippen LogP contribution in [0.15, 0.2) is 18.2 Å². The van der Waals surface area contributed by atoms with Crippen LogP contribution >= 0.6 is 24.0 Å². The number of hydrogen-bond donors (Lipinski definition) is 2. The number of carbonyl (C=O) groups is 2. The van der Waals surface area contributed by atoms with Crippen LogP contribution in [0, 0.1) is 11.3 Å². The van der Waals surface area contributed by atoms with Crippen LogP contribution in [-0.4, -0.2) is 42.9 Å². The van der Waals surface area contributed by atoms with Gasteiger partial charge in [-0.25, -0.2) is 0 Å². The Morgan fingerprint density at radius 3 is 2.56 bits per heavy atom. The molecule has 0 radical (unpaired) electrons. The number of hydrogen-bond acceptors (Lipinski definition) is 3. The number of carbonyl (C=O) groups excluding carboxylic acids is 2. The highest BCUT2D eigenvalue weighted by atomic mass is 35.5. The number of benzene rings is 1. The first kappa shape index (κ1) is 20.4. The minimum atomic E-state index is -0.0101. The van der Waals surface area contributed by atoms with Gasteiger partial charge in [0.05, 0.1) is 11.3 Å². The molecule has 27 heavy (non-hydrogen) atoms. The lowest BCUT2D eigenvalue weighted by atomic mass is 9.91. The molecule has 5 nitrogen and oxygen atoms in total. The molecule has 2 aliphatic heterocycles. The normalized spacial score (nSPS) is 23.4. The Morgan fingerprint density at radius 1 is 1.15 bits per heavy atom. The minimum Gasteiger partial charge on any atom is -0.339 e. The van der Waals surface area contributed by atoms with Gasteiger partial charge in [0.1, 0.15) is 0 Å². The Morgan fingerprint density at radius 2 is 1.85 bits per heavy atom. The van der Waals surface area contributed by atoms with Crippen LogP contribution in [0.3, 0.4) is 0 Å². The Hall–Kier alpha value is -1.30. The van der Waals surface area contributed by atoms with E-state index >= 15 is 0 Å². The molecule has 2 N–H and O–H groups in total. The highest BCUT2D eigenvalue weighted by Gasteiger charge is 2.57. The maximum absolute atomic E-state index is 12.9. The lowest BCUT2D eigenvalue weighted by Gasteiger charge is -2.27. The topological polar surface area (TPSA) is 61.4 Å². The Labute approximate surface area is 171 Å². The van der Waals surface area contributed by atoms with Gasteiger partial charge in [0.25, 0.3) is 5.91 Å². The van der Waals surface area contributed by atoms with Gasteiger partial charge in [-0.2, -0.15) is 0 Å². The van der Waals surface area contributed by atoms with E-state index in [1.807, 2.05) is 4.90 Å². The summed E-state index contributed by atoms with van der Waals surface area (Å²) in [6.45, 7) is 3.54. The molecule has 2 amide bonds. The van der Waals surface area contributed by atoms with Gasteiger partial charge in [-0.1, -0.05) is 11.6 Å². The predicted molar refractivity (Wildman–Crippen MR) is 110 cm³/mol. The van der Waals surface area contributed by atoms with Crippen LogP contribution < -0.4 is 10.6 Å². The summed E-state index contributed by atoms with van der Waals surface area (Å²) >= 11 is 6.14. The van der Waals surface area contributed by atoms with Gasteiger partial charge in [0.15, 0.2) is 0 Å². The lowest BCUT2D eigenvalue weighted by molar-refractivity contribution is -0.118. The summed E-state index contributed by atoms with van der Waals surface area (Å²) in [7, 11) is 0. The minimum absolute atomic E-state index is 0. The molecule has 0 aromatic heterocycles. The van der Waals surface area contributed by atoms with E-state index in [0.717, 1.165) is 58.3 Å². The van der Waals surface area contributed by atoms with Gasteiger partial charge in [-0.05, 0) is 75.2 Å². The first-order chi connectivity index (χ1) is 12.6. The summed E-state index contributed by atoms with van der Waals surface area (Å²) in [6, 6.07) is 5.16. The largest absolute Gasteiger partial charge is 0.339 e. The Balaban J connectivity index is 0.00000210. The SMILES string of the molecule is Cl.O=C(Nc1cc(Cl)ccc1C(=O)N1CCCCC1)C1CC12CCNCC2. The molecule has 1 saturated carbocycles. The zero-order valence-corrected chi connectivity index (χ0v) is 17.0. The molecule has 1 unspecified atom stereocenters. The number of nitrogens with zero attached hydrogens (tertiary/aromatic N) is 1. The third-order valence-electron chi connectivity index (χ3n) is 6.22. The second-order valence-corrected chi connectivity index (χ2v) is 8.34. The van der Waals surface area contributed by atoms with Gasteiger partial charge in [0.2, 0.25) is 5.91 Å². The molecule has 0 bridgehead atoms. The van der Waals surface area contributed by atoms with Crippen LogP contribution in [0.25, 0.3) is 0 Å². The third kappa shape index (κ3) is 4.25. The molecular weight excluding hydrogens is 385 g/mol. The van der Waals surface area contributed by atoms with Crippen molar-refractivity contribution in [2.75, 3.05) is 31.5 Å². The van der Waals surface area contributed by atoms with Gasteiger partial charge in [-0.15, -0.1) is 12.4 Å². The van der Waals surface area contributed by atoms with E-state index in [1.165, 1.54) is 6.42 Å². The highest BCUT2D eigenvalue weighted by molar-refractivity contribution is 6.31. The monoisotopic (exact) mass is 411 g/mol. The van der Waals surface area contributed by atoms with E-state index in [9.17, 15) is 9.59 Å². The van der Waals surface area contributed by atoms with Gasteiger partial charge >= 0.3 is 0 Å². The standard InChI is InChI=1S/C20H26ClN3O2.ClH/c21-14-4-5-15(19(26)24-10-2-1-3-11-24)17(12-14)23-18(25)16-13-20(16)6-8-22-9-7-20;/h4-5,12,16,22H,1-3,6-11,13H2,(H,23,25);1H. The van der Waals surface area contributed by atoms with E-state index in [0.29, 0.717) is 16.3 Å². The molecule has 148 valence electrons. The average Bonchev–Trinajstić information content (AvgIpc) is 3.35. The van der Waals surface area contributed by atoms with Crippen LogP contribution in [0.4, 0.5) is 5.69 Å². The fraction of sp³-hybridized carbons (Fsp3) is 0.600. The molecule has 1 aromatic rings. The molecular formula is C20H27Cl2N3O2. The number of nitrogens with one attached hydrogen (secondary N) is 2. The smallest absolute Gasteiger partial charge is 0.255 e. The van der Waals surface area contributed by atoms with Crippen LogP contribution in [0.1, 0.15) is 48.9 Å². The van der Waals surface area contributed by atoms with Gasteiger partial charge in [-0.3, -0.25) is 9.59 Å². The number of rotatable bonds is 3. The summed E-state index contributed by atoms with van der Waals surface area (Å²) in [6.07, 6.45) is 6.32. The van der Waals surface area contributed by atoms with Crippen LogP contribution in [-0.2, 0) is 4.79 Å². The molecule has 4 rings (SSSR count). The number of amides is 2. The van der Waals surface area contributed by atoms with E-state index in [2.05, 4.69) is 10.6 Å². The quantitative estimate of drug-likeness (QED) is 0.796. The van der Waals surface area contributed by atoms with Crippen LogP contribution in [0.5, 0.6) is 0 Å². The third-order valence-corrected chi connectivity index (χ3v) is 6.45. The van der Waals surface area contributed by atoms with E-state index < -0.39 is 0 Å². The summed E-state index contributed by atoms with van der Waals surface area (Å²) in [5.41, 5.74) is 1.27. The van der Waals surface area contributed by atoms with Gasteiger partial charge in [0, 0.05) is 24.0 Å². The van der Waals surface area contributed by atoms with Crippen molar-refractivity contribution < 1.29 is 9.59 Å². The molecule has 1 aromatic carbocycles. The highest BCUT2D eigenvalue weighted by Crippen LogP contribution is 2.58. The van der Waals surface area contributed by atoms with Crippen molar-refractivity contribution in [1.82, 2.24) is 10.2 Å². The zero-order valence-electron chi connectivity index (χ0n) is 15.4. The van der Waals surface area contributed by atoms with E-state index in [4.69, 9.17) is 11.6 Å². The fourth-order valence-corrected chi connectivity index (χ4v) is 4.66. The van der Waals surface area contributed by atoms with Crippen molar-refractivity contribution in [1.29, 1.82) is 0 Å². The van der Waals surface area contributed by atoms with Crippen molar-refractivity contribution in [3.63, 3.8) is 0 Å². The van der Waals surface area contributed by atoms with Crippen molar-refractivity contribution in [3.05, 3.63) is 28.8 Å². The summed E-state index contributed by atoms with van der Waals surface area (Å²) in [5, 5.41) is 6.90. The Bertz CT molecular complexity index is 713. The number of anilines is 1. The van der Waals surface area contributed by atoms with E-state index in [1.54, 1.807) is 18.2 Å². The van der Waals surface area contributed by atoms with E-state index in [-0.39, 0.29) is 35.6 Å². The van der Waals surface area contributed by atoms with Crippen molar-refractivity contribution in [3.8, 4) is 0 Å². The van der Waals surface area contributed by atoms with Crippen molar-refractivity contribution in [2.24, 2.45) is 11.3 Å². The molecule has 1 atom stereocenters. The van der Waals surface area contributed by atoms with Gasteiger partial charge < -0.3 is 15.5 Å². The fourth-order valence-electron chi connectivity index (χ4n) is 4.49. The molecule has 1 aliphatic carbocycles. The maximum Gasteiger partial charge on any atom is 0.255 e. The number of halogens is 2. The summed E-state index contributed by atoms with van der Waals surface area (Å²) in [4.78, 5) is 27.6. The number of piperidine rings is 2. The second kappa shape index (κ2) is 8.38. The molecule has 7 heteroatoms. The molecule has 2 heterocycles. The summed E-state index contributed by atoms with van der Waals surface area (Å²) < 4.78 is 0. The van der Waals surface area contributed by atoms with Crippen molar-refractivity contribution in [2.45, 2.75) is 38.5 Å². The first-order valence-corrected chi connectivity index (χ1v) is 10.1. The second-order valence-electron chi connectivity index (χ2n) is 7.90. The number of likely N-dealkylation sites (tertiary alicyclic amines) is 1. The first-order valence-electron chi connectivity index (χ1n) is 9.69. The van der Waals surface area contributed by atoms with Crippen molar-refractivity contribution >= 4 is 41.5 Å².